The summed E-state index contributed by atoms with van der Waals surface area (Å²) >= 11 is 1.58. The minimum atomic E-state index is -0.920. The van der Waals surface area contributed by atoms with Crippen molar-refractivity contribution in [3.05, 3.63) is 52.2 Å². The van der Waals surface area contributed by atoms with Crippen molar-refractivity contribution in [3.8, 4) is 5.75 Å². The third-order valence-corrected chi connectivity index (χ3v) is 4.18. The van der Waals surface area contributed by atoms with Gasteiger partial charge in [-0.25, -0.2) is 0 Å². The van der Waals surface area contributed by atoms with Gasteiger partial charge in [-0.2, -0.15) is 0 Å². The predicted molar refractivity (Wildman–Crippen MR) is 76.0 cm³/mol. The molecule has 19 heavy (non-hydrogen) atoms. The van der Waals surface area contributed by atoms with Gasteiger partial charge < -0.3 is 9.84 Å². The van der Waals surface area contributed by atoms with Gasteiger partial charge in [0, 0.05) is 11.3 Å². The molecule has 0 aliphatic carbocycles. The average molecular weight is 276 g/mol. The van der Waals surface area contributed by atoms with Crippen molar-refractivity contribution in [1.82, 2.24) is 0 Å². The monoisotopic (exact) mass is 276 g/mol. The number of methoxy groups -OCH3 is 1. The molecule has 0 fully saturated rings. The number of rotatable bonds is 5. The zero-order chi connectivity index (χ0) is 13.9. The molecule has 4 heteroatoms. The van der Waals surface area contributed by atoms with Gasteiger partial charge in [-0.15, -0.1) is 11.3 Å². The second-order valence-electron chi connectivity index (χ2n) is 4.62. The first kappa shape index (κ1) is 13.6. The molecule has 1 N–H and O–H groups in total. The van der Waals surface area contributed by atoms with E-state index in [0.29, 0.717) is 6.42 Å². The summed E-state index contributed by atoms with van der Waals surface area (Å²) in [5, 5.41) is 11.5. The van der Waals surface area contributed by atoms with Crippen LogP contribution in [0.4, 0.5) is 0 Å². The van der Waals surface area contributed by atoms with E-state index < -0.39 is 11.4 Å². The Hall–Kier alpha value is -1.81. The van der Waals surface area contributed by atoms with Gasteiger partial charge in [-0.05, 0) is 36.1 Å². The summed E-state index contributed by atoms with van der Waals surface area (Å²) in [5.74, 6) is -0.0846. The maximum absolute atomic E-state index is 11.7. The topological polar surface area (TPSA) is 46.5 Å². The van der Waals surface area contributed by atoms with Gasteiger partial charge in [0.1, 0.15) is 5.75 Å². The van der Waals surface area contributed by atoms with Crippen LogP contribution in [0.1, 0.15) is 17.4 Å². The Balaban J connectivity index is 2.34. The predicted octanol–water partition coefficient (Wildman–Crippen LogP) is 3.34. The molecule has 0 aliphatic heterocycles. The number of carbonyl (C=O) groups is 1. The number of hydrogen-bond donors (Lipinski definition) is 1. The summed E-state index contributed by atoms with van der Waals surface area (Å²) in [6, 6.07) is 11.1. The van der Waals surface area contributed by atoms with Gasteiger partial charge >= 0.3 is 5.97 Å². The second kappa shape index (κ2) is 5.45. The highest BCUT2D eigenvalue weighted by molar-refractivity contribution is 7.09. The summed E-state index contributed by atoms with van der Waals surface area (Å²) in [7, 11) is 1.59. The number of hydrogen-bond acceptors (Lipinski definition) is 3. The molecule has 1 unspecified atom stereocenters. The molecule has 0 bridgehead atoms. The standard InChI is InChI=1S/C15H16O3S/c1-15(14(16)17,10-13-4-3-9-19-13)11-5-7-12(18-2)8-6-11/h3-9H,10H2,1-2H3,(H,16,17). The van der Waals surface area contributed by atoms with Gasteiger partial charge in [-0.3, -0.25) is 4.79 Å². The first-order chi connectivity index (χ1) is 9.06. The number of aliphatic carboxylic acids is 1. The fourth-order valence-corrected chi connectivity index (χ4v) is 2.88. The third-order valence-electron chi connectivity index (χ3n) is 3.31. The molecule has 0 radical (unpaired) electrons. The molecule has 0 spiro atoms. The molecule has 3 nitrogen and oxygen atoms in total. The second-order valence-corrected chi connectivity index (χ2v) is 5.65. The lowest BCUT2D eigenvalue weighted by molar-refractivity contribution is -0.143. The Morgan fingerprint density at radius 3 is 2.47 bits per heavy atom. The lowest BCUT2D eigenvalue weighted by Gasteiger charge is -2.25. The summed E-state index contributed by atoms with van der Waals surface area (Å²) in [4.78, 5) is 12.7. The SMILES string of the molecule is COc1ccc(C(C)(Cc2cccs2)C(=O)O)cc1. The molecular formula is C15H16O3S. The van der Waals surface area contributed by atoms with E-state index in [0.717, 1.165) is 16.2 Å². The van der Waals surface area contributed by atoms with Crippen molar-refractivity contribution < 1.29 is 14.6 Å². The van der Waals surface area contributed by atoms with Crippen LogP contribution in [-0.4, -0.2) is 18.2 Å². The Morgan fingerprint density at radius 2 is 2.00 bits per heavy atom. The molecule has 1 aromatic heterocycles. The van der Waals surface area contributed by atoms with E-state index in [9.17, 15) is 9.90 Å². The number of carboxylic acid groups (broad SMARTS) is 1. The normalized spacial score (nSPS) is 13.8. The van der Waals surface area contributed by atoms with Crippen LogP contribution in [0.15, 0.2) is 41.8 Å². The van der Waals surface area contributed by atoms with Crippen LogP contribution in [-0.2, 0) is 16.6 Å². The van der Waals surface area contributed by atoms with Crippen molar-refractivity contribution in [2.45, 2.75) is 18.8 Å². The van der Waals surface area contributed by atoms with E-state index in [-0.39, 0.29) is 0 Å². The first-order valence-corrected chi connectivity index (χ1v) is 6.84. The van der Waals surface area contributed by atoms with Gasteiger partial charge in [0.2, 0.25) is 0 Å². The molecule has 0 aliphatic rings. The van der Waals surface area contributed by atoms with Crippen molar-refractivity contribution in [3.63, 3.8) is 0 Å². The van der Waals surface area contributed by atoms with Crippen molar-refractivity contribution in [1.29, 1.82) is 0 Å². The molecule has 2 aromatic rings. The van der Waals surface area contributed by atoms with Gasteiger partial charge in [0.15, 0.2) is 0 Å². The van der Waals surface area contributed by atoms with Crippen LogP contribution in [0.5, 0.6) is 5.75 Å². The highest BCUT2D eigenvalue weighted by atomic mass is 32.1. The fraction of sp³-hybridized carbons (Fsp3) is 0.267. The van der Waals surface area contributed by atoms with E-state index >= 15 is 0 Å². The summed E-state index contributed by atoms with van der Waals surface area (Å²) in [6.07, 6.45) is 0.492. The van der Waals surface area contributed by atoms with E-state index in [1.807, 2.05) is 29.6 Å². The van der Waals surface area contributed by atoms with Crippen LogP contribution in [0.25, 0.3) is 0 Å². The molecule has 1 aromatic carbocycles. The highest BCUT2D eigenvalue weighted by Gasteiger charge is 2.35. The number of thiophene rings is 1. The maximum Gasteiger partial charge on any atom is 0.314 e. The zero-order valence-corrected chi connectivity index (χ0v) is 11.7. The molecule has 100 valence electrons. The quantitative estimate of drug-likeness (QED) is 0.911. The van der Waals surface area contributed by atoms with Gasteiger partial charge in [-0.1, -0.05) is 18.2 Å². The Bertz CT molecular complexity index is 545. The molecule has 2 rings (SSSR count). The Kier molecular flexibility index (Phi) is 3.90. The van der Waals surface area contributed by atoms with E-state index in [1.54, 1.807) is 37.5 Å². The van der Waals surface area contributed by atoms with Crippen molar-refractivity contribution >= 4 is 17.3 Å². The Labute approximate surface area is 116 Å². The number of ether oxygens (including phenoxy) is 1. The fourth-order valence-electron chi connectivity index (χ4n) is 2.02. The summed E-state index contributed by atoms with van der Waals surface area (Å²) in [6.45, 7) is 1.76. The minimum Gasteiger partial charge on any atom is -0.497 e. The molecule has 0 saturated carbocycles. The van der Waals surface area contributed by atoms with Crippen LogP contribution >= 0.6 is 11.3 Å². The zero-order valence-electron chi connectivity index (χ0n) is 10.9. The number of benzene rings is 1. The first-order valence-electron chi connectivity index (χ1n) is 5.96. The van der Waals surface area contributed by atoms with Crippen LogP contribution < -0.4 is 4.74 Å². The van der Waals surface area contributed by atoms with E-state index in [2.05, 4.69) is 0 Å². The van der Waals surface area contributed by atoms with Crippen LogP contribution in [0.2, 0.25) is 0 Å². The van der Waals surface area contributed by atoms with Crippen molar-refractivity contribution in [2.24, 2.45) is 0 Å². The lowest BCUT2D eigenvalue weighted by Crippen LogP contribution is -2.34. The van der Waals surface area contributed by atoms with Gasteiger partial charge in [0.25, 0.3) is 0 Å². The molecule has 0 saturated heterocycles. The van der Waals surface area contributed by atoms with E-state index in [1.165, 1.54) is 0 Å². The van der Waals surface area contributed by atoms with E-state index in [4.69, 9.17) is 4.74 Å². The Morgan fingerprint density at radius 1 is 1.32 bits per heavy atom. The third kappa shape index (κ3) is 2.79. The molecular weight excluding hydrogens is 260 g/mol. The van der Waals surface area contributed by atoms with Crippen molar-refractivity contribution in [2.75, 3.05) is 7.11 Å². The van der Waals surface area contributed by atoms with Crippen LogP contribution in [0, 0.1) is 0 Å². The van der Waals surface area contributed by atoms with Gasteiger partial charge in [0.05, 0.1) is 12.5 Å². The average Bonchev–Trinajstić information content (AvgIpc) is 2.91. The summed E-state index contributed by atoms with van der Waals surface area (Å²) in [5.41, 5.74) is -0.133. The smallest absolute Gasteiger partial charge is 0.314 e. The lowest BCUT2D eigenvalue weighted by atomic mass is 9.79. The number of carboxylic acids is 1. The minimum absolute atomic E-state index is 0.492. The molecule has 0 amide bonds. The highest BCUT2D eigenvalue weighted by Crippen LogP contribution is 2.31. The molecule has 1 heterocycles. The van der Waals surface area contributed by atoms with Crippen LogP contribution in [0.3, 0.4) is 0 Å². The maximum atomic E-state index is 11.7. The summed E-state index contributed by atoms with van der Waals surface area (Å²) < 4.78 is 5.10. The molecule has 1 atom stereocenters. The largest absolute Gasteiger partial charge is 0.497 e.